The van der Waals surface area contributed by atoms with Gasteiger partial charge in [0.1, 0.15) is 12.2 Å². The normalized spacial score (nSPS) is 11.9. The van der Waals surface area contributed by atoms with Crippen LogP contribution in [-0.2, 0) is 14.1 Å². The Morgan fingerprint density at radius 1 is 1.00 bits per heavy atom. The highest BCUT2D eigenvalue weighted by atomic mass is 15.1. The van der Waals surface area contributed by atoms with Crippen molar-refractivity contribution in [2.24, 2.45) is 14.1 Å². The van der Waals surface area contributed by atoms with Crippen LogP contribution in [0.3, 0.4) is 0 Å². The molecule has 0 amide bonds. The fourth-order valence-corrected chi connectivity index (χ4v) is 2.72. The highest BCUT2D eigenvalue weighted by molar-refractivity contribution is 6.09. The summed E-state index contributed by atoms with van der Waals surface area (Å²) in [6.45, 7) is 2.02. The van der Waals surface area contributed by atoms with E-state index in [1.807, 2.05) is 27.2 Å². The Labute approximate surface area is 109 Å². The van der Waals surface area contributed by atoms with Gasteiger partial charge in [0.05, 0.1) is 33.8 Å². The Balaban J connectivity index is 2.30. The number of imidazole rings is 1. The van der Waals surface area contributed by atoms with E-state index in [0.717, 1.165) is 38.8 Å². The first-order valence-electron chi connectivity index (χ1n) is 6.18. The van der Waals surface area contributed by atoms with Crippen molar-refractivity contribution in [2.45, 2.75) is 6.92 Å². The van der Waals surface area contributed by atoms with Gasteiger partial charge in [0.2, 0.25) is 0 Å². The highest BCUT2D eigenvalue weighted by Gasteiger charge is 2.13. The summed E-state index contributed by atoms with van der Waals surface area (Å²) in [7, 11) is 4.09. The number of nitrogens with zero attached hydrogens (tertiary/aromatic N) is 5. The molecule has 0 aliphatic rings. The van der Waals surface area contributed by atoms with Gasteiger partial charge in [-0.15, -0.1) is 0 Å². The Kier molecular flexibility index (Phi) is 1.83. The van der Waals surface area contributed by atoms with Crippen molar-refractivity contribution in [2.75, 3.05) is 0 Å². The van der Waals surface area contributed by atoms with Gasteiger partial charge in [-0.3, -0.25) is 0 Å². The van der Waals surface area contributed by atoms with E-state index in [0.29, 0.717) is 0 Å². The first-order chi connectivity index (χ1) is 9.16. The molecule has 0 saturated carbocycles. The van der Waals surface area contributed by atoms with Crippen molar-refractivity contribution in [1.82, 2.24) is 24.1 Å². The number of rotatable bonds is 0. The van der Waals surface area contributed by atoms with Crippen molar-refractivity contribution in [3.63, 3.8) is 0 Å². The van der Waals surface area contributed by atoms with Crippen LogP contribution in [0.25, 0.3) is 33.0 Å². The number of benzene rings is 1. The first kappa shape index (κ1) is 10.5. The third-order valence-corrected chi connectivity index (χ3v) is 3.89. The Morgan fingerprint density at radius 2 is 1.84 bits per heavy atom. The number of aromatic nitrogens is 5. The maximum atomic E-state index is 4.59. The van der Waals surface area contributed by atoms with Gasteiger partial charge in [0, 0.05) is 19.5 Å². The molecule has 0 spiro atoms. The number of fused-ring (bicyclic) bond motifs is 4. The Bertz CT molecular complexity index is 945. The van der Waals surface area contributed by atoms with E-state index < -0.39 is 0 Å². The summed E-state index contributed by atoms with van der Waals surface area (Å²) in [6, 6.07) is 4.29. The van der Waals surface area contributed by atoms with E-state index in [2.05, 4.69) is 36.2 Å². The van der Waals surface area contributed by atoms with Gasteiger partial charge in [-0.05, 0) is 19.1 Å². The number of aryl methyl sites for hydroxylation is 3. The lowest BCUT2D eigenvalue weighted by Gasteiger charge is -1.99. The fourth-order valence-electron chi connectivity index (χ4n) is 2.72. The van der Waals surface area contributed by atoms with E-state index in [1.165, 1.54) is 0 Å². The summed E-state index contributed by atoms with van der Waals surface area (Å²) < 4.78 is 4.24. The van der Waals surface area contributed by atoms with E-state index >= 15 is 0 Å². The number of hydrogen-bond acceptors (Lipinski definition) is 3. The molecular weight excluding hydrogens is 238 g/mol. The zero-order valence-electron chi connectivity index (χ0n) is 11.0. The molecule has 0 fully saturated rings. The summed E-state index contributed by atoms with van der Waals surface area (Å²) in [5, 5.41) is 1.13. The van der Waals surface area contributed by atoms with Crippen molar-refractivity contribution in [1.29, 1.82) is 0 Å². The maximum Gasteiger partial charge on any atom is 0.116 e. The molecule has 5 nitrogen and oxygen atoms in total. The minimum absolute atomic E-state index is 0.984. The van der Waals surface area contributed by atoms with Crippen LogP contribution in [0, 0.1) is 6.92 Å². The number of hydrogen-bond donors (Lipinski definition) is 0. The predicted molar refractivity (Wildman–Crippen MR) is 75.0 cm³/mol. The molecule has 0 bridgehead atoms. The second-order valence-electron chi connectivity index (χ2n) is 4.89. The smallest absolute Gasteiger partial charge is 0.116 e. The van der Waals surface area contributed by atoms with Gasteiger partial charge in [-0.2, -0.15) is 0 Å². The molecule has 0 unspecified atom stereocenters. The van der Waals surface area contributed by atoms with Gasteiger partial charge < -0.3 is 9.13 Å². The molecule has 4 aromatic rings. The van der Waals surface area contributed by atoms with E-state index in [4.69, 9.17) is 0 Å². The SMILES string of the molecule is Cc1nc2cc3c4ncncc4n(C)c3cc2n1C. The summed E-state index contributed by atoms with van der Waals surface area (Å²) >= 11 is 0. The average molecular weight is 251 g/mol. The quantitative estimate of drug-likeness (QED) is 0.482. The Morgan fingerprint density at radius 3 is 2.68 bits per heavy atom. The second kappa shape index (κ2) is 3.32. The largest absolute Gasteiger partial charge is 0.341 e. The van der Waals surface area contributed by atoms with E-state index in [9.17, 15) is 0 Å². The second-order valence-corrected chi connectivity index (χ2v) is 4.89. The topological polar surface area (TPSA) is 48.5 Å². The molecule has 3 aromatic heterocycles. The van der Waals surface area contributed by atoms with Crippen LogP contribution in [0.15, 0.2) is 24.7 Å². The standard InChI is InChI=1S/C14H13N5/c1-8-17-10-4-9-11(5-12(10)18(8)2)19(3)13-6-15-7-16-14(9)13/h4-7H,1-3H3. The third-order valence-electron chi connectivity index (χ3n) is 3.89. The molecule has 0 radical (unpaired) electrons. The summed E-state index contributed by atoms with van der Waals surface area (Å²) in [4.78, 5) is 13.1. The van der Waals surface area contributed by atoms with Crippen LogP contribution >= 0.6 is 0 Å². The molecule has 19 heavy (non-hydrogen) atoms. The van der Waals surface area contributed by atoms with Gasteiger partial charge in [-0.25, -0.2) is 15.0 Å². The van der Waals surface area contributed by atoms with Crippen molar-refractivity contribution < 1.29 is 0 Å². The van der Waals surface area contributed by atoms with Crippen LogP contribution in [0.4, 0.5) is 0 Å². The minimum atomic E-state index is 0.984. The molecule has 1 aromatic carbocycles. The van der Waals surface area contributed by atoms with E-state index in [-0.39, 0.29) is 0 Å². The highest BCUT2D eigenvalue weighted by Crippen LogP contribution is 2.29. The van der Waals surface area contributed by atoms with Crippen LogP contribution in [0.2, 0.25) is 0 Å². The van der Waals surface area contributed by atoms with Gasteiger partial charge in [0.15, 0.2) is 0 Å². The lowest BCUT2D eigenvalue weighted by Crippen LogP contribution is -1.91. The predicted octanol–water partition coefficient (Wildman–Crippen LogP) is 2.32. The maximum absolute atomic E-state index is 4.59. The molecular formula is C14H13N5. The molecule has 4 rings (SSSR count). The lowest BCUT2D eigenvalue weighted by atomic mass is 10.2. The average Bonchev–Trinajstić information content (AvgIpc) is 2.86. The van der Waals surface area contributed by atoms with Crippen LogP contribution in [-0.4, -0.2) is 24.1 Å². The monoisotopic (exact) mass is 251 g/mol. The molecule has 0 saturated heterocycles. The van der Waals surface area contributed by atoms with Gasteiger partial charge in [-0.1, -0.05) is 0 Å². The molecule has 0 aliphatic heterocycles. The summed E-state index contributed by atoms with van der Waals surface area (Å²) in [5.74, 6) is 1.02. The zero-order valence-corrected chi connectivity index (χ0v) is 11.0. The van der Waals surface area contributed by atoms with Crippen LogP contribution in [0.1, 0.15) is 5.82 Å². The molecule has 94 valence electrons. The first-order valence-corrected chi connectivity index (χ1v) is 6.18. The third kappa shape index (κ3) is 1.22. The molecule has 0 aliphatic carbocycles. The minimum Gasteiger partial charge on any atom is -0.341 e. The van der Waals surface area contributed by atoms with Crippen LogP contribution < -0.4 is 0 Å². The van der Waals surface area contributed by atoms with Gasteiger partial charge in [0.25, 0.3) is 0 Å². The molecule has 3 heterocycles. The fraction of sp³-hybridized carbons (Fsp3) is 0.214. The zero-order chi connectivity index (χ0) is 13.1. The molecule has 5 heteroatoms. The lowest BCUT2D eigenvalue weighted by molar-refractivity contribution is 0.885. The summed E-state index contributed by atoms with van der Waals surface area (Å²) in [6.07, 6.45) is 3.45. The van der Waals surface area contributed by atoms with E-state index in [1.54, 1.807) is 6.33 Å². The van der Waals surface area contributed by atoms with Crippen molar-refractivity contribution in [3.05, 3.63) is 30.5 Å². The van der Waals surface area contributed by atoms with Crippen molar-refractivity contribution >= 4 is 33.0 Å². The van der Waals surface area contributed by atoms with Gasteiger partial charge >= 0.3 is 0 Å². The summed E-state index contributed by atoms with van der Waals surface area (Å²) in [5.41, 5.74) is 5.34. The molecule has 0 N–H and O–H groups in total. The Hall–Kier alpha value is -2.43. The van der Waals surface area contributed by atoms with Crippen molar-refractivity contribution in [3.8, 4) is 0 Å². The van der Waals surface area contributed by atoms with Crippen LogP contribution in [0.5, 0.6) is 0 Å². The molecule has 0 atom stereocenters.